The number of halogens is 2. The molecule has 5 nitrogen and oxygen atoms in total. The lowest BCUT2D eigenvalue weighted by Crippen LogP contribution is -2.42. The van der Waals surface area contributed by atoms with E-state index < -0.39 is 32.5 Å². The first-order valence-corrected chi connectivity index (χ1v) is 6.65. The molecule has 1 aromatic carbocycles. The Labute approximate surface area is 102 Å². The number of carbonyl (C=O) groups excluding carboxylic acids is 1. The molecule has 1 aliphatic carbocycles. The zero-order valence-electron chi connectivity index (χ0n) is 9.11. The largest absolute Gasteiger partial charge is 0.277 e. The van der Waals surface area contributed by atoms with E-state index in [4.69, 9.17) is 0 Å². The van der Waals surface area contributed by atoms with Crippen molar-refractivity contribution < 1.29 is 22.0 Å². The van der Waals surface area contributed by atoms with Crippen molar-refractivity contribution in [3.8, 4) is 0 Å². The fourth-order valence-corrected chi connectivity index (χ4v) is 2.13. The molecule has 0 radical (unpaired) electrons. The Bertz CT molecular complexity index is 585. The molecule has 0 bridgehead atoms. The van der Waals surface area contributed by atoms with Gasteiger partial charge in [-0.25, -0.2) is 17.2 Å². The molecule has 98 valence electrons. The summed E-state index contributed by atoms with van der Waals surface area (Å²) in [6.07, 6.45) is 1.44. The molecule has 0 spiro atoms. The van der Waals surface area contributed by atoms with Crippen LogP contribution in [0, 0.1) is 17.6 Å². The first-order valence-electron chi connectivity index (χ1n) is 5.17. The zero-order valence-corrected chi connectivity index (χ0v) is 9.93. The van der Waals surface area contributed by atoms with Gasteiger partial charge in [0.05, 0.1) is 4.90 Å². The Morgan fingerprint density at radius 2 is 1.89 bits per heavy atom. The van der Waals surface area contributed by atoms with Crippen molar-refractivity contribution in [3.05, 3.63) is 29.8 Å². The number of carbonyl (C=O) groups is 1. The predicted molar refractivity (Wildman–Crippen MR) is 57.5 cm³/mol. The van der Waals surface area contributed by atoms with Crippen molar-refractivity contribution in [2.75, 3.05) is 0 Å². The van der Waals surface area contributed by atoms with Gasteiger partial charge in [0, 0.05) is 5.92 Å². The molecule has 0 aromatic heterocycles. The first-order chi connectivity index (χ1) is 8.40. The van der Waals surface area contributed by atoms with Crippen LogP contribution in [-0.4, -0.2) is 14.3 Å². The normalized spacial score (nSPS) is 15.4. The third-order valence-corrected chi connectivity index (χ3v) is 3.70. The average Bonchev–Trinajstić information content (AvgIpc) is 3.13. The summed E-state index contributed by atoms with van der Waals surface area (Å²) in [5, 5.41) is 0. The van der Waals surface area contributed by atoms with Gasteiger partial charge in [-0.3, -0.25) is 10.2 Å². The van der Waals surface area contributed by atoms with Gasteiger partial charge in [0.25, 0.3) is 10.0 Å². The third-order valence-electron chi connectivity index (χ3n) is 2.46. The quantitative estimate of drug-likeness (QED) is 0.794. The van der Waals surface area contributed by atoms with Crippen molar-refractivity contribution in [2.24, 2.45) is 5.92 Å². The number of amides is 1. The van der Waals surface area contributed by atoms with Gasteiger partial charge in [0.2, 0.25) is 5.91 Å². The van der Waals surface area contributed by atoms with Crippen molar-refractivity contribution in [2.45, 2.75) is 17.7 Å². The van der Waals surface area contributed by atoms with E-state index in [0.29, 0.717) is 12.1 Å². The predicted octanol–water partition coefficient (Wildman–Crippen LogP) is 0.684. The molecule has 2 N–H and O–H groups in total. The Balaban J connectivity index is 2.09. The van der Waals surface area contributed by atoms with Crippen LogP contribution in [0.5, 0.6) is 0 Å². The smallest absolute Gasteiger partial charge is 0.257 e. The molecule has 0 heterocycles. The van der Waals surface area contributed by atoms with Gasteiger partial charge in [-0.1, -0.05) is 0 Å². The maximum Gasteiger partial charge on any atom is 0.257 e. The lowest BCUT2D eigenvalue weighted by Gasteiger charge is -2.08. The van der Waals surface area contributed by atoms with E-state index in [9.17, 15) is 22.0 Å². The molecule has 18 heavy (non-hydrogen) atoms. The highest BCUT2D eigenvalue weighted by Gasteiger charge is 2.30. The van der Waals surface area contributed by atoms with E-state index in [2.05, 4.69) is 0 Å². The van der Waals surface area contributed by atoms with Gasteiger partial charge in [0.15, 0.2) is 11.6 Å². The highest BCUT2D eigenvalue weighted by molar-refractivity contribution is 7.89. The Kier molecular flexibility index (Phi) is 3.31. The third kappa shape index (κ3) is 2.82. The maximum atomic E-state index is 12.9. The second-order valence-corrected chi connectivity index (χ2v) is 5.63. The van der Waals surface area contributed by atoms with E-state index in [0.717, 1.165) is 18.9 Å². The highest BCUT2D eigenvalue weighted by atomic mass is 32.2. The van der Waals surface area contributed by atoms with Crippen molar-refractivity contribution in [1.29, 1.82) is 0 Å². The molecule has 0 unspecified atom stereocenters. The minimum Gasteiger partial charge on any atom is -0.277 e. The molecule has 2 rings (SSSR count). The van der Waals surface area contributed by atoms with Crippen LogP contribution in [0.4, 0.5) is 8.78 Å². The SMILES string of the molecule is O=C(NNS(=O)(=O)c1ccc(F)c(F)c1)C1CC1. The van der Waals surface area contributed by atoms with Crippen LogP contribution < -0.4 is 10.3 Å². The Morgan fingerprint density at radius 3 is 2.44 bits per heavy atom. The minimum absolute atomic E-state index is 0.169. The molecular formula is C10H10F2N2O3S. The molecule has 8 heteroatoms. The van der Waals surface area contributed by atoms with Crippen LogP contribution in [0.15, 0.2) is 23.1 Å². The molecule has 1 fully saturated rings. The van der Waals surface area contributed by atoms with Gasteiger partial charge in [-0.05, 0) is 31.0 Å². The number of hydrogen-bond acceptors (Lipinski definition) is 3. The van der Waals surface area contributed by atoms with E-state index in [1.165, 1.54) is 0 Å². The average molecular weight is 276 g/mol. The number of hydrazine groups is 1. The molecule has 0 saturated heterocycles. The molecule has 0 atom stereocenters. The summed E-state index contributed by atoms with van der Waals surface area (Å²) >= 11 is 0. The second-order valence-electron chi connectivity index (χ2n) is 3.94. The first kappa shape index (κ1) is 12.9. The van der Waals surface area contributed by atoms with Crippen LogP contribution in [-0.2, 0) is 14.8 Å². The fourth-order valence-electron chi connectivity index (χ4n) is 1.27. The maximum absolute atomic E-state index is 12.9. The zero-order chi connectivity index (χ0) is 13.3. The van der Waals surface area contributed by atoms with Crippen molar-refractivity contribution >= 4 is 15.9 Å². The van der Waals surface area contributed by atoms with Crippen LogP contribution in [0.3, 0.4) is 0 Å². The highest BCUT2D eigenvalue weighted by Crippen LogP contribution is 2.28. The summed E-state index contributed by atoms with van der Waals surface area (Å²) in [5.74, 6) is -3.01. The van der Waals surface area contributed by atoms with E-state index in [1.807, 2.05) is 10.3 Å². The number of benzene rings is 1. The van der Waals surface area contributed by atoms with Gasteiger partial charge >= 0.3 is 0 Å². The van der Waals surface area contributed by atoms with Gasteiger partial charge < -0.3 is 0 Å². The Hall–Kier alpha value is -1.54. The topological polar surface area (TPSA) is 75.3 Å². The lowest BCUT2D eigenvalue weighted by atomic mass is 10.3. The van der Waals surface area contributed by atoms with Crippen molar-refractivity contribution in [3.63, 3.8) is 0 Å². The van der Waals surface area contributed by atoms with Gasteiger partial charge in [-0.15, -0.1) is 4.83 Å². The summed E-state index contributed by atoms with van der Waals surface area (Å²) in [6, 6.07) is 2.15. The summed E-state index contributed by atoms with van der Waals surface area (Å²) in [4.78, 5) is 12.6. The summed E-state index contributed by atoms with van der Waals surface area (Å²) in [6.45, 7) is 0. The molecule has 1 amide bonds. The molecule has 1 saturated carbocycles. The number of hydrogen-bond donors (Lipinski definition) is 2. The Morgan fingerprint density at radius 1 is 1.22 bits per heavy atom. The minimum atomic E-state index is -4.09. The summed E-state index contributed by atoms with van der Waals surface area (Å²) in [7, 11) is -4.09. The van der Waals surface area contributed by atoms with Crippen LogP contribution in [0.1, 0.15) is 12.8 Å². The number of rotatable bonds is 4. The molecule has 1 aromatic rings. The van der Waals surface area contributed by atoms with Gasteiger partial charge in [0.1, 0.15) is 0 Å². The monoisotopic (exact) mass is 276 g/mol. The standard InChI is InChI=1S/C10H10F2N2O3S/c11-8-4-3-7(5-9(8)12)18(16,17)14-13-10(15)6-1-2-6/h3-6,14H,1-2H2,(H,13,15). The van der Waals surface area contributed by atoms with E-state index in [1.54, 1.807) is 0 Å². The second kappa shape index (κ2) is 4.62. The lowest BCUT2D eigenvalue weighted by molar-refractivity contribution is -0.122. The van der Waals surface area contributed by atoms with Crippen molar-refractivity contribution in [1.82, 2.24) is 10.3 Å². The molecule has 1 aliphatic rings. The van der Waals surface area contributed by atoms with E-state index >= 15 is 0 Å². The van der Waals surface area contributed by atoms with Crippen LogP contribution in [0.25, 0.3) is 0 Å². The van der Waals surface area contributed by atoms with E-state index in [-0.39, 0.29) is 5.92 Å². The van der Waals surface area contributed by atoms with Crippen LogP contribution in [0.2, 0.25) is 0 Å². The summed E-state index contributed by atoms with van der Waals surface area (Å²) in [5.41, 5.74) is 2.02. The molecule has 0 aliphatic heterocycles. The number of nitrogens with one attached hydrogen (secondary N) is 2. The summed E-state index contributed by atoms with van der Waals surface area (Å²) < 4.78 is 48.8. The van der Waals surface area contributed by atoms with Crippen LogP contribution >= 0.6 is 0 Å². The molecular weight excluding hydrogens is 266 g/mol. The fraction of sp³-hybridized carbons (Fsp3) is 0.300. The number of sulfonamides is 1. The van der Waals surface area contributed by atoms with Gasteiger partial charge in [-0.2, -0.15) is 0 Å².